The van der Waals surface area contributed by atoms with Crippen molar-refractivity contribution in [1.82, 2.24) is 10.2 Å². The van der Waals surface area contributed by atoms with Crippen molar-refractivity contribution in [1.29, 1.82) is 0 Å². The summed E-state index contributed by atoms with van der Waals surface area (Å²) in [6, 6.07) is 0.428. The number of rotatable bonds is 3. The summed E-state index contributed by atoms with van der Waals surface area (Å²) in [5.41, 5.74) is -0.328. The van der Waals surface area contributed by atoms with Crippen LogP contribution in [0, 0.1) is 5.41 Å². The standard InChI is InChI=1S/C15H28N2O2/c1-14(2)7-5-9-17(11-14)12-6-4-8-15(10-12,16-3)13(18)19/h12,16H,4-11H2,1-3H3,(H,18,19). The first-order chi connectivity index (χ1) is 8.88. The molecule has 2 fully saturated rings. The summed E-state index contributed by atoms with van der Waals surface area (Å²) in [4.78, 5) is 14.1. The third kappa shape index (κ3) is 3.11. The molecule has 0 bridgehead atoms. The number of nitrogens with zero attached hydrogens (tertiary/aromatic N) is 1. The van der Waals surface area contributed by atoms with Crippen molar-refractivity contribution in [3.05, 3.63) is 0 Å². The smallest absolute Gasteiger partial charge is 0.323 e. The Hall–Kier alpha value is -0.610. The Labute approximate surface area is 116 Å². The van der Waals surface area contributed by atoms with Gasteiger partial charge in [-0.3, -0.25) is 9.69 Å². The zero-order valence-electron chi connectivity index (χ0n) is 12.5. The first-order valence-corrected chi connectivity index (χ1v) is 7.55. The monoisotopic (exact) mass is 268 g/mol. The number of likely N-dealkylation sites (tertiary alicyclic amines) is 1. The Morgan fingerprint density at radius 3 is 2.63 bits per heavy atom. The molecule has 4 heteroatoms. The van der Waals surface area contributed by atoms with Gasteiger partial charge in [0.15, 0.2) is 0 Å². The van der Waals surface area contributed by atoms with Gasteiger partial charge in [0.1, 0.15) is 5.54 Å². The number of carboxylic acid groups (broad SMARTS) is 1. The molecule has 0 aromatic rings. The maximum Gasteiger partial charge on any atom is 0.323 e. The highest BCUT2D eigenvalue weighted by Gasteiger charge is 2.44. The fraction of sp³-hybridized carbons (Fsp3) is 0.933. The average molecular weight is 268 g/mol. The minimum Gasteiger partial charge on any atom is -0.480 e. The van der Waals surface area contributed by atoms with Crippen LogP contribution in [-0.4, -0.2) is 47.7 Å². The van der Waals surface area contributed by atoms with E-state index in [-0.39, 0.29) is 0 Å². The minimum absolute atomic E-state index is 0.376. The van der Waals surface area contributed by atoms with Crippen LogP contribution in [0.2, 0.25) is 0 Å². The van der Waals surface area contributed by atoms with Gasteiger partial charge in [0, 0.05) is 12.6 Å². The Morgan fingerprint density at radius 1 is 1.32 bits per heavy atom. The molecular weight excluding hydrogens is 240 g/mol. The zero-order valence-corrected chi connectivity index (χ0v) is 12.5. The Morgan fingerprint density at radius 2 is 2.05 bits per heavy atom. The maximum atomic E-state index is 11.6. The van der Waals surface area contributed by atoms with E-state index in [1.54, 1.807) is 7.05 Å². The zero-order chi connectivity index (χ0) is 14.1. The normalized spacial score (nSPS) is 36.1. The SMILES string of the molecule is CNC1(C(=O)O)CCCC(N2CCCC(C)(C)C2)C1. The number of carboxylic acids is 1. The van der Waals surface area contributed by atoms with Crippen molar-refractivity contribution in [3.63, 3.8) is 0 Å². The Kier molecular flexibility index (Phi) is 4.21. The second-order valence-corrected chi connectivity index (χ2v) is 7.13. The van der Waals surface area contributed by atoms with E-state index in [0.29, 0.717) is 11.5 Å². The van der Waals surface area contributed by atoms with Crippen molar-refractivity contribution >= 4 is 5.97 Å². The number of hydrogen-bond donors (Lipinski definition) is 2. The number of aliphatic carboxylic acids is 1. The van der Waals surface area contributed by atoms with Gasteiger partial charge < -0.3 is 10.4 Å². The summed E-state index contributed by atoms with van der Waals surface area (Å²) < 4.78 is 0. The van der Waals surface area contributed by atoms with Crippen LogP contribution < -0.4 is 5.32 Å². The maximum absolute atomic E-state index is 11.6. The van der Waals surface area contributed by atoms with Crippen molar-refractivity contribution in [2.45, 2.75) is 64.0 Å². The first kappa shape index (κ1) is 14.8. The molecule has 2 aliphatic rings. The number of hydrogen-bond acceptors (Lipinski definition) is 3. The molecule has 110 valence electrons. The van der Waals surface area contributed by atoms with Crippen LogP contribution in [0.3, 0.4) is 0 Å². The molecule has 0 amide bonds. The van der Waals surface area contributed by atoms with Crippen molar-refractivity contribution in [2.24, 2.45) is 5.41 Å². The van der Waals surface area contributed by atoms with Gasteiger partial charge in [-0.15, -0.1) is 0 Å². The van der Waals surface area contributed by atoms with Gasteiger partial charge in [0.2, 0.25) is 0 Å². The van der Waals surface area contributed by atoms with Crippen LogP contribution in [-0.2, 0) is 4.79 Å². The highest BCUT2D eigenvalue weighted by molar-refractivity contribution is 5.79. The van der Waals surface area contributed by atoms with E-state index in [1.807, 2.05) is 0 Å². The van der Waals surface area contributed by atoms with E-state index in [0.717, 1.165) is 38.8 Å². The fourth-order valence-corrected chi connectivity index (χ4v) is 3.87. The Bertz CT molecular complexity index is 343. The molecule has 1 saturated carbocycles. The van der Waals surface area contributed by atoms with Gasteiger partial charge in [-0.1, -0.05) is 13.8 Å². The van der Waals surface area contributed by atoms with E-state index in [1.165, 1.54) is 12.8 Å². The third-order valence-electron chi connectivity index (χ3n) is 5.06. The van der Waals surface area contributed by atoms with Gasteiger partial charge in [0.25, 0.3) is 0 Å². The average Bonchev–Trinajstić information content (AvgIpc) is 2.37. The van der Waals surface area contributed by atoms with Gasteiger partial charge >= 0.3 is 5.97 Å². The number of nitrogens with one attached hydrogen (secondary N) is 1. The number of piperidine rings is 1. The van der Waals surface area contributed by atoms with Gasteiger partial charge in [-0.05, 0) is 57.5 Å². The summed E-state index contributed by atoms with van der Waals surface area (Å²) in [5, 5.41) is 12.6. The van der Waals surface area contributed by atoms with Crippen LogP contribution in [0.15, 0.2) is 0 Å². The summed E-state index contributed by atoms with van der Waals surface area (Å²) >= 11 is 0. The second-order valence-electron chi connectivity index (χ2n) is 7.13. The van der Waals surface area contributed by atoms with E-state index in [4.69, 9.17) is 0 Å². The lowest BCUT2D eigenvalue weighted by atomic mass is 9.76. The summed E-state index contributed by atoms with van der Waals surface area (Å²) in [6.45, 7) is 6.89. The van der Waals surface area contributed by atoms with Gasteiger partial charge in [-0.25, -0.2) is 0 Å². The van der Waals surface area contributed by atoms with Crippen molar-refractivity contribution < 1.29 is 9.90 Å². The molecule has 2 unspecified atom stereocenters. The highest BCUT2D eigenvalue weighted by Crippen LogP contribution is 2.36. The number of likely N-dealkylation sites (N-methyl/N-ethyl adjacent to an activating group) is 1. The molecule has 19 heavy (non-hydrogen) atoms. The van der Waals surface area contributed by atoms with Crippen LogP contribution in [0.5, 0.6) is 0 Å². The quantitative estimate of drug-likeness (QED) is 0.823. The molecule has 2 atom stereocenters. The van der Waals surface area contributed by atoms with Crippen LogP contribution in [0.1, 0.15) is 52.4 Å². The van der Waals surface area contributed by atoms with Crippen molar-refractivity contribution in [3.8, 4) is 0 Å². The largest absolute Gasteiger partial charge is 0.480 e. The lowest BCUT2D eigenvalue weighted by Crippen LogP contribution is -2.58. The fourth-order valence-electron chi connectivity index (χ4n) is 3.87. The molecule has 2 N–H and O–H groups in total. The lowest BCUT2D eigenvalue weighted by Gasteiger charge is -2.47. The highest BCUT2D eigenvalue weighted by atomic mass is 16.4. The van der Waals surface area contributed by atoms with E-state index >= 15 is 0 Å². The predicted octanol–water partition coefficient (Wildman–Crippen LogP) is 2.09. The lowest BCUT2D eigenvalue weighted by molar-refractivity contribution is -0.147. The minimum atomic E-state index is -0.704. The van der Waals surface area contributed by atoms with E-state index in [2.05, 4.69) is 24.1 Å². The van der Waals surface area contributed by atoms with Crippen LogP contribution in [0.4, 0.5) is 0 Å². The predicted molar refractivity (Wildman–Crippen MR) is 76.3 cm³/mol. The topological polar surface area (TPSA) is 52.6 Å². The molecule has 0 aromatic heterocycles. The van der Waals surface area contributed by atoms with Crippen LogP contribution >= 0.6 is 0 Å². The Balaban J connectivity index is 2.06. The first-order valence-electron chi connectivity index (χ1n) is 7.55. The third-order valence-corrected chi connectivity index (χ3v) is 5.06. The molecule has 0 spiro atoms. The molecular formula is C15H28N2O2. The molecule has 1 aliphatic carbocycles. The molecule has 1 saturated heterocycles. The van der Waals surface area contributed by atoms with Crippen molar-refractivity contribution in [2.75, 3.05) is 20.1 Å². The van der Waals surface area contributed by atoms with Gasteiger partial charge in [0.05, 0.1) is 0 Å². The molecule has 1 aliphatic heterocycles. The summed E-state index contributed by atoms with van der Waals surface area (Å²) in [6.07, 6.45) is 6.18. The molecule has 4 nitrogen and oxygen atoms in total. The summed E-state index contributed by atoms with van der Waals surface area (Å²) in [5.74, 6) is -0.684. The van der Waals surface area contributed by atoms with E-state index < -0.39 is 11.5 Å². The number of carbonyl (C=O) groups is 1. The molecule has 1 heterocycles. The molecule has 2 rings (SSSR count). The van der Waals surface area contributed by atoms with Gasteiger partial charge in [-0.2, -0.15) is 0 Å². The van der Waals surface area contributed by atoms with E-state index in [9.17, 15) is 9.90 Å². The van der Waals surface area contributed by atoms with Crippen LogP contribution in [0.25, 0.3) is 0 Å². The molecule has 0 radical (unpaired) electrons. The second kappa shape index (κ2) is 5.41. The summed E-state index contributed by atoms with van der Waals surface area (Å²) in [7, 11) is 1.79. The molecule has 0 aromatic carbocycles.